The summed E-state index contributed by atoms with van der Waals surface area (Å²) < 4.78 is 32.7. The first-order valence-electron chi connectivity index (χ1n) is 8.51. The second kappa shape index (κ2) is 8.27. The maximum Gasteiger partial charge on any atom is 0.253 e. The van der Waals surface area contributed by atoms with Crippen molar-refractivity contribution in [3.8, 4) is 0 Å². The molecule has 0 bridgehead atoms. The Hall–Kier alpha value is -1.48. The maximum atomic E-state index is 13.0. The fourth-order valence-corrected chi connectivity index (χ4v) is 4.44. The first kappa shape index (κ1) is 19.8. The van der Waals surface area contributed by atoms with Crippen LogP contribution < -0.4 is 5.73 Å². The van der Waals surface area contributed by atoms with Crippen molar-refractivity contribution >= 4 is 15.9 Å². The van der Waals surface area contributed by atoms with Gasteiger partial charge in [0.05, 0.1) is 18.1 Å². The zero-order valence-electron chi connectivity index (χ0n) is 15.1. The molecule has 1 unspecified atom stereocenters. The highest BCUT2D eigenvalue weighted by atomic mass is 32.2. The van der Waals surface area contributed by atoms with Crippen LogP contribution in [0.5, 0.6) is 0 Å². The second-order valence-corrected chi connectivity index (χ2v) is 8.10. The summed E-state index contributed by atoms with van der Waals surface area (Å²) in [4.78, 5) is 14.4. The molecule has 0 radical (unpaired) electrons. The predicted octanol–water partition coefficient (Wildman–Crippen LogP) is 0.689. The summed E-state index contributed by atoms with van der Waals surface area (Å²) in [6.45, 7) is 5.52. The highest BCUT2D eigenvalue weighted by Gasteiger charge is 2.29. The molecule has 0 aromatic heterocycles. The number of rotatable bonds is 6. The predicted molar refractivity (Wildman–Crippen MR) is 96.0 cm³/mol. The van der Waals surface area contributed by atoms with Gasteiger partial charge >= 0.3 is 0 Å². The largest absolute Gasteiger partial charge is 0.379 e. The first-order valence-corrected chi connectivity index (χ1v) is 9.95. The standard InChI is InChI=1S/C17H27N3O4S/c1-4-14-5-6-15(17(21)19(3)13(2)12-18)11-16(14)25(22,23)20-7-9-24-10-8-20/h5-6,11,13H,4,7-10,12,18H2,1-3H3. The number of nitrogens with two attached hydrogens (primary N) is 1. The van der Waals surface area contributed by atoms with E-state index >= 15 is 0 Å². The number of nitrogens with zero attached hydrogens (tertiary/aromatic N) is 2. The molecule has 1 aliphatic heterocycles. The number of benzene rings is 1. The van der Waals surface area contributed by atoms with Crippen molar-refractivity contribution in [3.63, 3.8) is 0 Å². The molecule has 1 aliphatic rings. The summed E-state index contributed by atoms with van der Waals surface area (Å²) >= 11 is 0. The third-order valence-electron chi connectivity index (χ3n) is 4.61. The number of carbonyl (C=O) groups excluding carboxylic acids is 1. The van der Waals surface area contributed by atoms with Crippen LogP contribution in [0.3, 0.4) is 0 Å². The fourth-order valence-electron chi connectivity index (χ4n) is 2.71. The van der Waals surface area contributed by atoms with Gasteiger partial charge in [-0.05, 0) is 31.0 Å². The first-order chi connectivity index (χ1) is 11.8. The summed E-state index contributed by atoms with van der Waals surface area (Å²) in [6, 6.07) is 4.77. The molecule has 8 heteroatoms. The number of carbonyl (C=O) groups is 1. The average Bonchev–Trinajstić information content (AvgIpc) is 2.66. The zero-order chi connectivity index (χ0) is 18.6. The number of aryl methyl sites for hydroxylation is 1. The molecule has 2 N–H and O–H groups in total. The van der Waals surface area contributed by atoms with Gasteiger partial charge in [-0.1, -0.05) is 13.0 Å². The molecule has 1 amide bonds. The molecule has 1 saturated heterocycles. The summed E-state index contributed by atoms with van der Waals surface area (Å²) in [6.07, 6.45) is 0.572. The monoisotopic (exact) mass is 369 g/mol. The van der Waals surface area contributed by atoms with Crippen molar-refractivity contribution in [2.75, 3.05) is 39.9 Å². The number of hydrogen-bond acceptors (Lipinski definition) is 5. The minimum Gasteiger partial charge on any atom is -0.379 e. The Morgan fingerprint density at radius 2 is 2.00 bits per heavy atom. The van der Waals surface area contributed by atoms with Gasteiger partial charge in [0.1, 0.15) is 0 Å². The van der Waals surface area contributed by atoms with Crippen molar-refractivity contribution in [3.05, 3.63) is 29.3 Å². The lowest BCUT2D eigenvalue weighted by Crippen LogP contribution is -2.41. The molecule has 7 nitrogen and oxygen atoms in total. The second-order valence-electron chi connectivity index (χ2n) is 6.19. The number of hydrogen-bond donors (Lipinski definition) is 1. The van der Waals surface area contributed by atoms with Crippen LogP contribution >= 0.6 is 0 Å². The molecular formula is C17H27N3O4S. The van der Waals surface area contributed by atoms with Crippen LogP contribution in [0, 0.1) is 0 Å². The number of morpholine rings is 1. The quantitative estimate of drug-likeness (QED) is 0.796. The van der Waals surface area contributed by atoms with Crippen molar-refractivity contribution in [1.82, 2.24) is 9.21 Å². The van der Waals surface area contributed by atoms with Crippen LogP contribution in [0.25, 0.3) is 0 Å². The van der Waals surface area contributed by atoms with Crippen LogP contribution in [0.4, 0.5) is 0 Å². The summed E-state index contributed by atoms with van der Waals surface area (Å²) in [7, 11) is -1.98. The average molecular weight is 369 g/mol. The van der Waals surface area contributed by atoms with Crippen LogP contribution in [-0.4, -0.2) is 69.5 Å². The SMILES string of the molecule is CCc1ccc(C(=O)N(C)C(C)CN)cc1S(=O)(=O)N1CCOCC1. The number of ether oxygens (including phenoxy) is 1. The van der Waals surface area contributed by atoms with E-state index in [2.05, 4.69) is 0 Å². The van der Waals surface area contributed by atoms with Gasteiger partial charge in [-0.25, -0.2) is 8.42 Å². The van der Waals surface area contributed by atoms with Gasteiger partial charge in [-0.3, -0.25) is 4.79 Å². The van der Waals surface area contributed by atoms with E-state index < -0.39 is 10.0 Å². The molecule has 0 aliphatic carbocycles. The highest BCUT2D eigenvalue weighted by molar-refractivity contribution is 7.89. The molecule has 0 saturated carbocycles. The van der Waals surface area contributed by atoms with Crippen molar-refractivity contribution < 1.29 is 17.9 Å². The fraction of sp³-hybridized carbons (Fsp3) is 0.588. The Labute approximate surface area is 149 Å². The van der Waals surface area contributed by atoms with Crippen LogP contribution in [0.2, 0.25) is 0 Å². The van der Waals surface area contributed by atoms with Gasteiger partial charge in [0, 0.05) is 38.3 Å². The molecule has 2 rings (SSSR count). The Bertz CT molecular complexity index is 715. The highest BCUT2D eigenvalue weighted by Crippen LogP contribution is 2.24. The van der Waals surface area contributed by atoms with Crippen molar-refractivity contribution in [2.24, 2.45) is 5.73 Å². The van der Waals surface area contributed by atoms with Gasteiger partial charge in [0.2, 0.25) is 10.0 Å². The molecular weight excluding hydrogens is 342 g/mol. The van der Waals surface area contributed by atoms with Crippen LogP contribution in [-0.2, 0) is 21.2 Å². The molecule has 25 heavy (non-hydrogen) atoms. The lowest BCUT2D eigenvalue weighted by atomic mass is 10.1. The van der Waals surface area contributed by atoms with E-state index in [0.717, 1.165) is 0 Å². The molecule has 1 atom stereocenters. The molecule has 0 spiro atoms. The Balaban J connectivity index is 2.42. The lowest BCUT2D eigenvalue weighted by molar-refractivity contribution is 0.0729. The molecule has 140 valence electrons. The van der Waals surface area contributed by atoms with Crippen molar-refractivity contribution in [2.45, 2.75) is 31.2 Å². The molecule has 1 heterocycles. The van der Waals surface area contributed by atoms with Crippen LogP contribution in [0.15, 0.2) is 23.1 Å². The van der Waals surface area contributed by atoms with Gasteiger partial charge in [-0.2, -0.15) is 4.31 Å². The van der Waals surface area contributed by atoms with Gasteiger partial charge in [0.25, 0.3) is 5.91 Å². The minimum atomic E-state index is -3.65. The molecule has 1 aromatic carbocycles. The van der Waals surface area contributed by atoms with Gasteiger partial charge in [0.15, 0.2) is 0 Å². The zero-order valence-corrected chi connectivity index (χ0v) is 15.9. The minimum absolute atomic E-state index is 0.127. The Morgan fingerprint density at radius 1 is 1.36 bits per heavy atom. The van der Waals surface area contributed by atoms with E-state index in [1.165, 1.54) is 15.3 Å². The smallest absolute Gasteiger partial charge is 0.253 e. The third kappa shape index (κ3) is 4.20. The van der Waals surface area contributed by atoms with Crippen LogP contribution in [0.1, 0.15) is 29.8 Å². The van der Waals surface area contributed by atoms with Crippen molar-refractivity contribution in [1.29, 1.82) is 0 Å². The Kier molecular flexibility index (Phi) is 6.56. The number of sulfonamides is 1. The normalized spacial score (nSPS) is 17.3. The van der Waals surface area contributed by atoms with E-state index in [0.29, 0.717) is 50.4 Å². The summed E-state index contributed by atoms with van der Waals surface area (Å²) in [5.74, 6) is -0.237. The van der Waals surface area contributed by atoms with Gasteiger partial charge in [-0.15, -0.1) is 0 Å². The van der Waals surface area contributed by atoms with E-state index in [4.69, 9.17) is 10.5 Å². The van der Waals surface area contributed by atoms with E-state index in [1.807, 2.05) is 13.8 Å². The summed E-state index contributed by atoms with van der Waals surface area (Å²) in [5.41, 5.74) is 6.68. The topological polar surface area (TPSA) is 92.9 Å². The van der Waals surface area contributed by atoms with E-state index in [9.17, 15) is 13.2 Å². The van der Waals surface area contributed by atoms with Gasteiger partial charge < -0.3 is 15.4 Å². The number of amides is 1. The summed E-state index contributed by atoms with van der Waals surface area (Å²) in [5, 5.41) is 0. The maximum absolute atomic E-state index is 13.0. The molecule has 1 fully saturated rings. The van der Waals surface area contributed by atoms with E-state index in [-0.39, 0.29) is 16.8 Å². The molecule has 1 aromatic rings. The Morgan fingerprint density at radius 3 is 2.56 bits per heavy atom. The third-order valence-corrected chi connectivity index (χ3v) is 6.59. The lowest BCUT2D eigenvalue weighted by Gasteiger charge is -2.27. The van der Waals surface area contributed by atoms with E-state index in [1.54, 1.807) is 19.2 Å². The number of likely N-dealkylation sites (N-methyl/N-ethyl adjacent to an activating group) is 1.